The molecule has 0 saturated heterocycles. The van der Waals surface area contributed by atoms with E-state index in [1.165, 1.54) is 0 Å². The third-order valence-corrected chi connectivity index (χ3v) is 4.15. The van der Waals surface area contributed by atoms with Crippen LogP contribution in [-0.4, -0.2) is 11.5 Å². The van der Waals surface area contributed by atoms with Crippen LogP contribution in [0.2, 0.25) is 10.0 Å². The van der Waals surface area contributed by atoms with E-state index < -0.39 is 0 Å². The molecule has 0 radical (unpaired) electrons. The standard InChI is InChI=1S/C13H14Cl2N2S/c1-2-5-16-12(13-17-6-7-18-13)9-3-4-10(14)11(15)8-9/h3-4,6-8,12,16H,2,5H2,1H3. The van der Waals surface area contributed by atoms with Crippen LogP contribution < -0.4 is 5.32 Å². The van der Waals surface area contributed by atoms with Crippen molar-refractivity contribution in [3.63, 3.8) is 0 Å². The highest BCUT2D eigenvalue weighted by atomic mass is 35.5. The van der Waals surface area contributed by atoms with E-state index in [2.05, 4.69) is 17.2 Å². The summed E-state index contributed by atoms with van der Waals surface area (Å²) in [5.74, 6) is 0. The number of nitrogens with one attached hydrogen (secondary N) is 1. The fourth-order valence-corrected chi connectivity index (χ4v) is 2.75. The highest BCUT2D eigenvalue weighted by molar-refractivity contribution is 7.09. The molecule has 2 nitrogen and oxygen atoms in total. The molecule has 2 aromatic rings. The van der Waals surface area contributed by atoms with Crippen molar-refractivity contribution in [2.24, 2.45) is 0 Å². The molecule has 1 unspecified atom stereocenters. The van der Waals surface area contributed by atoms with Crippen molar-refractivity contribution in [2.45, 2.75) is 19.4 Å². The molecule has 1 heterocycles. The Bertz CT molecular complexity index is 500. The molecular formula is C13H14Cl2N2S. The summed E-state index contributed by atoms with van der Waals surface area (Å²) in [6, 6.07) is 5.80. The van der Waals surface area contributed by atoms with Gasteiger partial charge in [-0.1, -0.05) is 36.2 Å². The van der Waals surface area contributed by atoms with E-state index in [4.69, 9.17) is 23.2 Å². The predicted octanol–water partition coefficient (Wildman–Crippen LogP) is 4.54. The largest absolute Gasteiger partial charge is 0.304 e. The summed E-state index contributed by atoms with van der Waals surface area (Å²) in [4.78, 5) is 4.38. The van der Waals surface area contributed by atoms with Crippen molar-refractivity contribution >= 4 is 34.5 Å². The zero-order valence-electron chi connectivity index (χ0n) is 9.99. The Hall–Kier alpha value is -0.610. The average molecular weight is 301 g/mol. The molecule has 5 heteroatoms. The van der Waals surface area contributed by atoms with E-state index in [1.54, 1.807) is 11.3 Å². The molecule has 1 N–H and O–H groups in total. The first-order valence-corrected chi connectivity index (χ1v) is 7.43. The first kappa shape index (κ1) is 13.8. The highest BCUT2D eigenvalue weighted by Gasteiger charge is 2.16. The fourth-order valence-electron chi connectivity index (χ4n) is 1.71. The Morgan fingerprint density at radius 3 is 2.78 bits per heavy atom. The third-order valence-electron chi connectivity index (χ3n) is 2.57. The minimum absolute atomic E-state index is 0.0831. The summed E-state index contributed by atoms with van der Waals surface area (Å²) in [7, 11) is 0. The van der Waals surface area contributed by atoms with Gasteiger partial charge in [-0.3, -0.25) is 0 Å². The topological polar surface area (TPSA) is 24.9 Å². The van der Waals surface area contributed by atoms with E-state index >= 15 is 0 Å². The second kappa shape index (κ2) is 6.53. The van der Waals surface area contributed by atoms with Gasteiger partial charge in [-0.05, 0) is 30.7 Å². The smallest absolute Gasteiger partial charge is 0.114 e. The Morgan fingerprint density at radius 1 is 1.33 bits per heavy atom. The van der Waals surface area contributed by atoms with Crippen molar-refractivity contribution < 1.29 is 0 Å². The fraction of sp³-hybridized carbons (Fsp3) is 0.308. The number of thiazole rings is 1. The Labute approximate surface area is 121 Å². The van der Waals surface area contributed by atoms with Crippen LogP contribution in [0.25, 0.3) is 0 Å². The number of aromatic nitrogens is 1. The molecule has 0 amide bonds. The van der Waals surface area contributed by atoms with Gasteiger partial charge in [0.15, 0.2) is 0 Å². The van der Waals surface area contributed by atoms with E-state index in [0.717, 1.165) is 23.5 Å². The third kappa shape index (κ3) is 3.23. The second-order valence-corrected chi connectivity index (χ2v) is 5.67. The van der Waals surface area contributed by atoms with Gasteiger partial charge in [0.1, 0.15) is 5.01 Å². The SMILES string of the molecule is CCCNC(c1ccc(Cl)c(Cl)c1)c1nccs1. The van der Waals surface area contributed by atoms with Gasteiger partial charge in [-0.15, -0.1) is 11.3 Å². The monoisotopic (exact) mass is 300 g/mol. The van der Waals surface area contributed by atoms with Crippen molar-refractivity contribution in [3.05, 3.63) is 50.4 Å². The lowest BCUT2D eigenvalue weighted by Gasteiger charge is -2.17. The van der Waals surface area contributed by atoms with E-state index in [-0.39, 0.29) is 6.04 Å². The number of rotatable bonds is 5. The molecule has 0 saturated carbocycles. The van der Waals surface area contributed by atoms with Gasteiger partial charge in [0, 0.05) is 11.6 Å². The molecule has 0 bridgehead atoms. The summed E-state index contributed by atoms with van der Waals surface area (Å²) in [5.41, 5.74) is 1.09. The maximum atomic E-state index is 6.08. The summed E-state index contributed by atoms with van der Waals surface area (Å²) < 4.78 is 0. The zero-order valence-corrected chi connectivity index (χ0v) is 12.3. The lowest BCUT2D eigenvalue weighted by molar-refractivity contribution is 0.596. The first-order chi connectivity index (χ1) is 8.72. The molecule has 2 rings (SSSR count). The highest BCUT2D eigenvalue weighted by Crippen LogP contribution is 2.29. The molecule has 0 aliphatic carbocycles. The molecule has 0 spiro atoms. The van der Waals surface area contributed by atoms with Crippen LogP contribution in [0.15, 0.2) is 29.8 Å². The molecule has 0 fully saturated rings. The molecular weight excluding hydrogens is 287 g/mol. The van der Waals surface area contributed by atoms with Crippen molar-refractivity contribution in [1.82, 2.24) is 10.3 Å². The number of hydrogen-bond donors (Lipinski definition) is 1. The van der Waals surface area contributed by atoms with Crippen molar-refractivity contribution in [1.29, 1.82) is 0 Å². The molecule has 0 aliphatic rings. The second-order valence-electron chi connectivity index (χ2n) is 3.93. The molecule has 1 atom stereocenters. The van der Waals surface area contributed by atoms with Crippen LogP contribution >= 0.6 is 34.5 Å². The van der Waals surface area contributed by atoms with Crippen LogP contribution in [0.1, 0.15) is 30.0 Å². The summed E-state index contributed by atoms with van der Waals surface area (Å²) in [6.45, 7) is 3.07. The Balaban J connectivity index is 2.30. The normalized spacial score (nSPS) is 12.6. The minimum Gasteiger partial charge on any atom is -0.304 e. The Morgan fingerprint density at radius 2 is 2.17 bits per heavy atom. The van der Waals surface area contributed by atoms with E-state index in [1.807, 2.05) is 29.8 Å². The van der Waals surface area contributed by atoms with Gasteiger partial charge in [0.05, 0.1) is 16.1 Å². The summed E-state index contributed by atoms with van der Waals surface area (Å²) in [5, 5.41) is 7.66. The van der Waals surface area contributed by atoms with Gasteiger partial charge in [0.2, 0.25) is 0 Å². The maximum absolute atomic E-state index is 6.08. The molecule has 0 aliphatic heterocycles. The van der Waals surface area contributed by atoms with Gasteiger partial charge in [-0.2, -0.15) is 0 Å². The van der Waals surface area contributed by atoms with Crippen molar-refractivity contribution in [2.75, 3.05) is 6.54 Å². The van der Waals surface area contributed by atoms with Gasteiger partial charge in [-0.25, -0.2) is 4.98 Å². The minimum atomic E-state index is 0.0831. The lowest BCUT2D eigenvalue weighted by Crippen LogP contribution is -2.23. The van der Waals surface area contributed by atoms with Gasteiger partial charge in [0.25, 0.3) is 0 Å². The molecule has 1 aromatic carbocycles. The van der Waals surface area contributed by atoms with Crippen LogP contribution in [-0.2, 0) is 0 Å². The lowest BCUT2D eigenvalue weighted by atomic mass is 10.1. The number of halogens is 2. The van der Waals surface area contributed by atoms with Crippen LogP contribution in [0.3, 0.4) is 0 Å². The zero-order chi connectivity index (χ0) is 13.0. The molecule has 96 valence electrons. The number of benzene rings is 1. The van der Waals surface area contributed by atoms with Gasteiger partial charge >= 0.3 is 0 Å². The van der Waals surface area contributed by atoms with E-state index in [0.29, 0.717) is 10.0 Å². The average Bonchev–Trinajstić information content (AvgIpc) is 2.88. The first-order valence-electron chi connectivity index (χ1n) is 5.80. The predicted molar refractivity (Wildman–Crippen MR) is 78.7 cm³/mol. The quantitative estimate of drug-likeness (QED) is 0.877. The van der Waals surface area contributed by atoms with E-state index in [9.17, 15) is 0 Å². The van der Waals surface area contributed by atoms with Crippen LogP contribution in [0.4, 0.5) is 0 Å². The number of hydrogen-bond acceptors (Lipinski definition) is 3. The summed E-state index contributed by atoms with van der Waals surface area (Å²) in [6.07, 6.45) is 2.89. The van der Waals surface area contributed by atoms with Crippen molar-refractivity contribution in [3.8, 4) is 0 Å². The maximum Gasteiger partial charge on any atom is 0.114 e. The number of nitrogens with zero attached hydrogens (tertiary/aromatic N) is 1. The van der Waals surface area contributed by atoms with Crippen LogP contribution in [0, 0.1) is 0 Å². The molecule has 18 heavy (non-hydrogen) atoms. The Kier molecular flexibility index (Phi) is 5.01. The summed E-state index contributed by atoms with van der Waals surface area (Å²) >= 11 is 13.7. The molecule has 1 aromatic heterocycles. The van der Waals surface area contributed by atoms with Gasteiger partial charge < -0.3 is 5.32 Å². The van der Waals surface area contributed by atoms with Crippen LogP contribution in [0.5, 0.6) is 0 Å².